The molecule has 1 N–H and O–H groups in total. The van der Waals surface area contributed by atoms with E-state index in [9.17, 15) is 16.8 Å². The second kappa shape index (κ2) is 7.06. The molecule has 0 atom stereocenters. The zero-order chi connectivity index (χ0) is 16.3. The predicted octanol–water partition coefficient (Wildman–Crippen LogP) is 0.974. The fourth-order valence-electron chi connectivity index (χ4n) is 1.68. The molecule has 0 aromatic heterocycles. The second-order valence-corrected chi connectivity index (χ2v) is 9.08. The smallest absolute Gasteiger partial charge is 0.244 e. The average molecular weight is 355 g/mol. The van der Waals surface area contributed by atoms with Gasteiger partial charge in [0.05, 0.1) is 9.92 Å². The van der Waals surface area contributed by atoms with E-state index < -0.39 is 19.9 Å². The maximum absolute atomic E-state index is 12.5. The Kier molecular flexibility index (Phi) is 6.18. The molecule has 0 aliphatic carbocycles. The summed E-state index contributed by atoms with van der Waals surface area (Å²) in [6, 6.07) is 3.67. The first-order valence-electron chi connectivity index (χ1n) is 6.21. The lowest BCUT2D eigenvalue weighted by molar-refractivity contribution is 0.458. The van der Waals surface area contributed by atoms with Gasteiger partial charge in [-0.1, -0.05) is 11.6 Å². The van der Waals surface area contributed by atoms with E-state index >= 15 is 0 Å². The largest absolute Gasteiger partial charge is 0.320 e. The van der Waals surface area contributed by atoms with E-state index in [2.05, 4.69) is 5.32 Å². The summed E-state index contributed by atoms with van der Waals surface area (Å²) in [6.45, 7) is 0.986. The van der Waals surface area contributed by atoms with Gasteiger partial charge in [-0.3, -0.25) is 0 Å². The van der Waals surface area contributed by atoms with Gasteiger partial charge in [0.1, 0.15) is 4.90 Å². The standard InChI is InChI=1S/C12H19ClN2O4S2/c1-14-7-4-8-15(2)21(18,19)12-9-10(20(3,16)17)5-6-11(12)13/h5-6,9,14H,4,7-8H2,1-3H3. The van der Waals surface area contributed by atoms with E-state index in [0.717, 1.165) is 16.6 Å². The SMILES string of the molecule is CNCCCN(C)S(=O)(=O)c1cc(S(C)(=O)=O)ccc1Cl. The molecule has 0 spiro atoms. The number of sulfonamides is 1. The molecule has 0 saturated carbocycles. The quantitative estimate of drug-likeness (QED) is 0.738. The van der Waals surface area contributed by atoms with Gasteiger partial charge in [-0.15, -0.1) is 0 Å². The van der Waals surface area contributed by atoms with Gasteiger partial charge in [-0.05, 0) is 38.2 Å². The molecule has 120 valence electrons. The van der Waals surface area contributed by atoms with Gasteiger partial charge in [0.25, 0.3) is 0 Å². The highest BCUT2D eigenvalue weighted by Crippen LogP contribution is 2.27. The Balaban J connectivity index is 3.19. The van der Waals surface area contributed by atoms with Crippen molar-refractivity contribution in [2.75, 3.05) is 33.4 Å². The van der Waals surface area contributed by atoms with Crippen LogP contribution in [0.4, 0.5) is 0 Å². The maximum atomic E-state index is 12.5. The van der Waals surface area contributed by atoms with Crippen molar-refractivity contribution < 1.29 is 16.8 Å². The molecule has 1 aromatic carbocycles. The molecule has 6 nitrogen and oxygen atoms in total. The van der Waals surface area contributed by atoms with Crippen LogP contribution < -0.4 is 5.32 Å². The molecule has 0 heterocycles. The molecule has 0 aliphatic heterocycles. The summed E-state index contributed by atoms with van der Waals surface area (Å²) >= 11 is 5.92. The van der Waals surface area contributed by atoms with Gasteiger partial charge >= 0.3 is 0 Å². The summed E-state index contributed by atoms with van der Waals surface area (Å²) in [5, 5.41) is 2.93. The lowest BCUT2D eigenvalue weighted by atomic mass is 10.4. The van der Waals surface area contributed by atoms with Crippen molar-refractivity contribution in [2.45, 2.75) is 16.2 Å². The van der Waals surface area contributed by atoms with Gasteiger partial charge in [-0.25, -0.2) is 21.1 Å². The number of benzene rings is 1. The van der Waals surface area contributed by atoms with E-state index in [0.29, 0.717) is 19.5 Å². The average Bonchev–Trinajstić information content (AvgIpc) is 2.37. The number of sulfone groups is 1. The Morgan fingerprint density at radius 2 is 1.86 bits per heavy atom. The summed E-state index contributed by atoms with van der Waals surface area (Å²) in [4.78, 5) is -0.270. The van der Waals surface area contributed by atoms with Crippen LogP contribution in [0, 0.1) is 0 Å². The summed E-state index contributed by atoms with van der Waals surface area (Å²) in [5.74, 6) is 0. The van der Waals surface area contributed by atoms with Crippen LogP contribution in [0.15, 0.2) is 28.0 Å². The fraction of sp³-hybridized carbons (Fsp3) is 0.500. The fourth-order valence-corrected chi connectivity index (χ4v) is 4.11. The Bertz CT molecular complexity index is 702. The number of nitrogens with one attached hydrogen (secondary N) is 1. The zero-order valence-electron chi connectivity index (χ0n) is 12.1. The molecule has 0 radical (unpaired) electrons. The van der Waals surface area contributed by atoms with Crippen molar-refractivity contribution in [2.24, 2.45) is 0 Å². The predicted molar refractivity (Wildman–Crippen MR) is 82.9 cm³/mol. The van der Waals surface area contributed by atoms with E-state index in [1.54, 1.807) is 7.05 Å². The molecule has 0 saturated heterocycles. The Morgan fingerprint density at radius 3 is 2.38 bits per heavy atom. The summed E-state index contributed by atoms with van der Waals surface area (Å²) < 4.78 is 49.2. The van der Waals surface area contributed by atoms with Crippen LogP contribution in [0.5, 0.6) is 0 Å². The minimum absolute atomic E-state index is 0.00265. The molecule has 9 heteroatoms. The summed E-state index contributed by atoms with van der Waals surface area (Å²) in [7, 11) is -4.11. The van der Waals surface area contributed by atoms with Gasteiger partial charge in [0, 0.05) is 19.8 Å². The third-order valence-corrected chi connectivity index (χ3v) is 6.37. The highest BCUT2D eigenvalue weighted by molar-refractivity contribution is 7.91. The molecule has 21 heavy (non-hydrogen) atoms. The molecular weight excluding hydrogens is 336 g/mol. The van der Waals surface area contributed by atoms with Gasteiger partial charge in [-0.2, -0.15) is 0 Å². The van der Waals surface area contributed by atoms with Crippen molar-refractivity contribution in [3.05, 3.63) is 23.2 Å². The first kappa shape index (κ1) is 18.4. The summed E-state index contributed by atoms with van der Waals surface area (Å²) in [6.07, 6.45) is 1.65. The minimum Gasteiger partial charge on any atom is -0.320 e. The summed E-state index contributed by atoms with van der Waals surface area (Å²) in [5.41, 5.74) is 0. The van der Waals surface area contributed by atoms with Crippen LogP contribution in [0.1, 0.15) is 6.42 Å². The zero-order valence-corrected chi connectivity index (χ0v) is 14.5. The number of hydrogen-bond acceptors (Lipinski definition) is 5. The molecule has 0 bridgehead atoms. The van der Waals surface area contributed by atoms with Gasteiger partial charge in [0.2, 0.25) is 10.0 Å². The number of nitrogens with zero attached hydrogens (tertiary/aromatic N) is 1. The number of hydrogen-bond donors (Lipinski definition) is 1. The number of halogens is 1. The lowest BCUT2D eigenvalue weighted by Crippen LogP contribution is -2.30. The Hall–Kier alpha value is -0.670. The van der Waals surface area contributed by atoms with Crippen LogP contribution in [-0.4, -0.2) is 54.6 Å². The topological polar surface area (TPSA) is 83.6 Å². The van der Waals surface area contributed by atoms with Gasteiger partial charge < -0.3 is 5.32 Å². The van der Waals surface area contributed by atoms with Crippen LogP contribution >= 0.6 is 11.6 Å². The van der Waals surface area contributed by atoms with E-state index in [1.807, 2.05) is 0 Å². The molecule has 1 aromatic rings. The molecule has 1 rings (SSSR count). The minimum atomic E-state index is -3.82. The first-order valence-corrected chi connectivity index (χ1v) is 9.92. The van der Waals surface area contributed by atoms with Crippen molar-refractivity contribution in [3.8, 4) is 0 Å². The van der Waals surface area contributed by atoms with Crippen molar-refractivity contribution >= 4 is 31.5 Å². The molecule has 0 unspecified atom stereocenters. The molecule has 0 fully saturated rings. The highest BCUT2D eigenvalue weighted by atomic mass is 35.5. The molecule has 0 aliphatic rings. The van der Waals surface area contributed by atoms with Crippen molar-refractivity contribution in [3.63, 3.8) is 0 Å². The van der Waals surface area contributed by atoms with Crippen LogP contribution in [0.2, 0.25) is 5.02 Å². The van der Waals surface area contributed by atoms with E-state index in [1.165, 1.54) is 19.2 Å². The van der Waals surface area contributed by atoms with Crippen LogP contribution in [-0.2, 0) is 19.9 Å². The Morgan fingerprint density at radius 1 is 1.24 bits per heavy atom. The van der Waals surface area contributed by atoms with Gasteiger partial charge in [0.15, 0.2) is 9.84 Å². The van der Waals surface area contributed by atoms with E-state index in [4.69, 9.17) is 11.6 Å². The third-order valence-electron chi connectivity index (χ3n) is 2.92. The maximum Gasteiger partial charge on any atom is 0.244 e. The van der Waals surface area contributed by atoms with Crippen molar-refractivity contribution in [1.29, 1.82) is 0 Å². The van der Waals surface area contributed by atoms with Crippen LogP contribution in [0.3, 0.4) is 0 Å². The van der Waals surface area contributed by atoms with Crippen LogP contribution in [0.25, 0.3) is 0 Å². The third kappa shape index (κ3) is 4.65. The van der Waals surface area contributed by atoms with E-state index in [-0.39, 0.29) is 14.8 Å². The van der Waals surface area contributed by atoms with Crippen molar-refractivity contribution in [1.82, 2.24) is 9.62 Å². The molecular formula is C12H19ClN2O4S2. The molecule has 0 amide bonds. The normalized spacial score (nSPS) is 12.8. The lowest BCUT2D eigenvalue weighted by Gasteiger charge is -2.18. The second-order valence-electron chi connectivity index (χ2n) is 4.65. The number of rotatable bonds is 7. The first-order chi connectivity index (χ1) is 9.60. The highest BCUT2D eigenvalue weighted by Gasteiger charge is 2.25. The Labute approximate surface area is 131 Å². The monoisotopic (exact) mass is 354 g/mol.